The van der Waals surface area contributed by atoms with Crippen LogP contribution < -0.4 is 0 Å². The number of pyridine rings is 3. The Balaban J connectivity index is 0.000000175. The van der Waals surface area contributed by atoms with E-state index in [-0.39, 0.29) is 0 Å². The molecular formula is C47H36Cl2N14O2S2. The van der Waals surface area contributed by atoms with Gasteiger partial charge in [0.05, 0.1) is 50.1 Å². The zero-order chi connectivity index (χ0) is 46.5. The van der Waals surface area contributed by atoms with E-state index in [4.69, 9.17) is 37.3 Å². The summed E-state index contributed by atoms with van der Waals surface area (Å²) >= 11 is 15.8. The first kappa shape index (κ1) is 46.0. The summed E-state index contributed by atoms with van der Waals surface area (Å²) < 4.78 is 15.4. The van der Waals surface area contributed by atoms with Crippen molar-refractivity contribution in [2.24, 2.45) is 0 Å². The molecule has 0 fully saturated rings. The number of aryl methyl sites for hydroxylation is 1. The van der Waals surface area contributed by atoms with Crippen LogP contribution >= 0.6 is 46.7 Å². The van der Waals surface area contributed by atoms with E-state index in [1.54, 1.807) is 55.2 Å². The zero-order valence-corrected chi connectivity index (χ0v) is 39.0. The normalized spacial score (nSPS) is 10.7. The summed E-state index contributed by atoms with van der Waals surface area (Å²) in [6, 6.07) is 35.5. The molecule has 10 rings (SSSR count). The molecule has 7 heterocycles. The van der Waals surface area contributed by atoms with Crippen LogP contribution in [-0.4, -0.2) is 64.9 Å². The average molecular weight is 964 g/mol. The van der Waals surface area contributed by atoms with Crippen LogP contribution in [0.1, 0.15) is 36.9 Å². The molecule has 0 bridgehead atoms. The summed E-state index contributed by atoms with van der Waals surface area (Å²) in [6.45, 7) is 5.93. The number of hydrogen-bond acceptors (Lipinski definition) is 16. The van der Waals surface area contributed by atoms with Gasteiger partial charge in [-0.15, -0.1) is 40.8 Å². The minimum atomic E-state index is 0.389. The Kier molecular flexibility index (Phi) is 15.2. The molecule has 0 amide bonds. The van der Waals surface area contributed by atoms with E-state index >= 15 is 0 Å². The topological polar surface area (TPSA) is 202 Å². The Morgan fingerprint density at radius 3 is 1.45 bits per heavy atom. The molecule has 10 aromatic rings. The average Bonchev–Trinajstić information content (AvgIpc) is 4.22. The molecule has 332 valence electrons. The van der Waals surface area contributed by atoms with E-state index < -0.39 is 0 Å². The smallest absolute Gasteiger partial charge is 0.249 e. The highest BCUT2D eigenvalue weighted by atomic mass is 35.5. The molecule has 0 aliphatic heterocycles. The molecule has 0 atom stereocenters. The molecule has 0 aliphatic carbocycles. The maximum absolute atomic E-state index is 8.95. The van der Waals surface area contributed by atoms with Gasteiger partial charge in [-0.1, -0.05) is 84.8 Å². The molecule has 7 aromatic heterocycles. The van der Waals surface area contributed by atoms with Crippen LogP contribution in [0, 0.1) is 18.3 Å². The number of nitriles is 1. The fourth-order valence-electron chi connectivity index (χ4n) is 6.19. The zero-order valence-electron chi connectivity index (χ0n) is 35.8. The van der Waals surface area contributed by atoms with Gasteiger partial charge < -0.3 is 8.83 Å². The summed E-state index contributed by atoms with van der Waals surface area (Å²) in [6.07, 6.45) is 8.56. The molecule has 0 saturated heterocycles. The number of para-hydroxylation sites is 2. The van der Waals surface area contributed by atoms with Gasteiger partial charge in [0.2, 0.25) is 23.6 Å². The van der Waals surface area contributed by atoms with Crippen molar-refractivity contribution < 1.29 is 8.83 Å². The number of hydrogen-bond donors (Lipinski definition) is 0. The molecule has 0 spiro atoms. The number of thioether (sulfide) groups is 2. The standard InChI is InChI=1S/C23H14ClN7OS.C22H16ClN7OS.C2H6/c24-18-3-1-2-4-19(18)31-21(16-9-11-26-12-10-16)28-30-23(31)33-14-20-27-29-22(32-20)17-7-5-15(13-25)6-8-17;1-14-6-7-16(12-25-14)21-28-26-19(31-21)13-32-22-29-27-20(15-8-10-24-11-9-15)30(22)18-5-3-2-4-17(18)23;1-2/h1-12H,14H2;2-12H,13H2,1H3;1-2H3. The molecule has 0 radical (unpaired) electrons. The number of halogens is 2. The van der Waals surface area contributed by atoms with Gasteiger partial charge in [-0.2, -0.15) is 5.26 Å². The van der Waals surface area contributed by atoms with Crippen LogP contribution in [0.5, 0.6) is 0 Å². The van der Waals surface area contributed by atoms with Crippen molar-refractivity contribution in [1.82, 2.24) is 64.9 Å². The summed E-state index contributed by atoms with van der Waals surface area (Å²) in [4.78, 5) is 12.4. The Labute approximate surface area is 402 Å². The van der Waals surface area contributed by atoms with Gasteiger partial charge in [-0.05, 0) is 91.9 Å². The Morgan fingerprint density at radius 1 is 0.537 bits per heavy atom. The number of benzene rings is 3. The second kappa shape index (κ2) is 22.1. The quantitative estimate of drug-likeness (QED) is 0.105. The third-order valence-electron chi connectivity index (χ3n) is 9.33. The summed E-state index contributed by atoms with van der Waals surface area (Å²) in [7, 11) is 0. The van der Waals surface area contributed by atoms with Gasteiger partial charge in [0.15, 0.2) is 22.0 Å². The van der Waals surface area contributed by atoms with Crippen LogP contribution in [-0.2, 0) is 11.5 Å². The maximum atomic E-state index is 8.95. The minimum Gasteiger partial charge on any atom is -0.420 e. The molecular weight excluding hydrogens is 928 g/mol. The first-order valence-electron chi connectivity index (χ1n) is 20.5. The molecule has 20 heteroatoms. The van der Waals surface area contributed by atoms with E-state index in [9.17, 15) is 0 Å². The van der Waals surface area contributed by atoms with Crippen molar-refractivity contribution in [2.45, 2.75) is 42.6 Å². The van der Waals surface area contributed by atoms with E-state index in [1.165, 1.54) is 23.5 Å². The predicted octanol–water partition coefficient (Wildman–Crippen LogP) is 11.3. The first-order valence-corrected chi connectivity index (χ1v) is 23.2. The van der Waals surface area contributed by atoms with Crippen LogP contribution in [0.25, 0.3) is 57.1 Å². The molecule has 0 unspecified atom stereocenters. The lowest BCUT2D eigenvalue weighted by molar-refractivity contribution is 0.527. The molecule has 16 nitrogen and oxygen atoms in total. The first-order chi connectivity index (χ1) is 32.9. The summed E-state index contributed by atoms with van der Waals surface area (Å²) in [5.74, 6) is 3.87. The molecule has 3 aromatic carbocycles. The lowest BCUT2D eigenvalue weighted by atomic mass is 10.1. The van der Waals surface area contributed by atoms with Crippen molar-refractivity contribution in [3.05, 3.63) is 173 Å². The van der Waals surface area contributed by atoms with Crippen molar-refractivity contribution in [3.63, 3.8) is 0 Å². The van der Waals surface area contributed by atoms with E-state index in [2.05, 4.69) is 61.8 Å². The molecule has 0 saturated carbocycles. The lowest BCUT2D eigenvalue weighted by Gasteiger charge is -2.11. The van der Waals surface area contributed by atoms with E-state index in [1.807, 2.05) is 115 Å². The van der Waals surface area contributed by atoms with Gasteiger partial charge in [-0.25, -0.2) is 0 Å². The van der Waals surface area contributed by atoms with E-state index in [0.717, 1.165) is 39.3 Å². The fraction of sp³-hybridized carbons (Fsp3) is 0.106. The Bertz CT molecular complexity index is 3230. The van der Waals surface area contributed by atoms with Gasteiger partial charge >= 0.3 is 0 Å². The SMILES string of the molecule is CC.Cc1ccc(-c2nnc(CSc3nnc(-c4ccncc4)n3-c3ccccc3Cl)o2)cn1.N#Cc1ccc(-c2nnc(CSc3nnc(-c4ccncc4)n3-c3ccccc3Cl)o2)cc1. The van der Waals surface area contributed by atoms with Gasteiger partial charge in [0, 0.05) is 53.4 Å². The van der Waals surface area contributed by atoms with Crippen LogP contribution in [0.4, 0.5) is 0 Å². The second-order valence-electron chi connectivity index (χ2n) is 13.6. The Morgan fingerprint density at radius 2 is 1.00 bits per heavy atom. The van der Waals surface area contributed by atoms with Gasteiger partial charge in [-0.3, -0.25) is 24.1 Å². The largest absolute Gasteiger partial charge is 0.420 e. The van der Waals surface area contributed by atoms with E-state index in [0.29, 0.717) is 72.6 Å². The summed E-state index contributed by atoms with van der Waals surface area (Å²) in [5, 5.41) is 45.5. The van der Waals surface area contributed by atoms with Gasteiger partial charge in [0.25, 0.3) is 0 Å². The molecule has 67 heavy (non-hydrogen) atoms. The van der Waals surface area contributed by atoms with Crippen LogP contribution in [0.15, 0.2) is 159 Å². The third kappa shape index (κ3) is 10.9. The fourth-order valence-corrected chi connectivity index (χ4v) is 8.20. The predicted molar refractivity (Wildman–Crippen MR) is 256 cm³/mol. The highest BCUT2D eigenvalue weighted by Crippen LogP contribution is 2.34. The van der Waals surface area contributed by atoms with Crippen LogP contribution in [0.3, 0.4) is 0 Å². The van der Waals surface area contributed by atoms with Crippen molar-refractivity contribution in [1.29, 1.82) is 5.26 Å². The van der Waals surface area contributed by atoms with Crippen molar-refractivity contribution >= 4 is 46.7 Å². The second-order valence-corrected chi connectivity index (χ2v) is 16.3. The summed E-state index contributed by atoms with van der Waals surface area (Å²) in [5.41, 5.74) is 6.31. The minimum absolute atomic E-state index is 0.389. The monoisotopic (exact) mass is 962 g/mol. The number of rotatable bonds is 12. The van der Waals surface area contributed by atoms with Crippen LogP contribution in [0.2, 0.25) is 10.0 Å². The van der Waals surface area contributed by atoms with Gasteiger partial charge in [0.1, 0.15) is 0 Å². The number of aromatic nitrogens is 13. The lowest BCUT2D eigenvalue weighted by Crippen LogP contribution is -2.00. The van der Waals surface area contributed by atoms with Crippen molar-refractivity contribution in [2.75, 3.05) is 0 Å². The third-order valence-corrected chi connectivity index (χ3v) is 11.8. The highest BCUT2D eigenvalue weighted by molar-refractivity contribution is 7.98. The Hall–Kier alpha value is -7.56. The molecule has 0 N–H and O–H groups in total. The molecule has 0 aliphatic rings. The van der Waals surface area contributed by atoms with Crippen molar-refractivity contribution in [3.8, 4) is 63.1 Å². The highest BCUT2D eigenvalue weighted by Gasteiger charge is 2.21. The maximum Gasteiger partial charge on any atom is 0.249 e. The number of nitrogens with zero attached hydrogens (tertiary/aromatic N) is 14.